The maximum atomic E-state index is 12.8. The van der Waals surface area contributed by atoms with E-state index >= 15 is 0 Å². The van der Waals surface area contributed by atoms with Crippen molar-refractivity contribution < 1.29 is 9.59 Å². The van der Waals surface area contributed by atoms with Gasteiger partial charge in [-0.15, -0.1) is 0 Å². The summed E-state index contributed by atoms with van der Waals surface area (Å²) in [6.45, 7) is 4.70. The molecule has 3 rings (SSSR count). The first-order valence-electron chi connectivity index (χ1n) is 9.31. The van der Waals surface area contributed by atoms with Gasteiger partial charge in [0.25, 0.3) is 11.8 Å². The number of carbonyl (C=O) groups excluding carboxylic acids is 2. The lowest BCUT2D eigenvalue weighted by atomic mass is 9.96. The van der Waals surface area contributed by atoms with E-state index in [-0.39, 0.29) is 23.9 Å². The van der Waals surface area contributed by atoms with E-state index in [2.05, 4.69) is 19.2 Å². The number of rotatable bonds is 4. The van der Waals surface area contributed by atoms with Gasteiger partial charge in [0.05, 0.1) is 0 Å². The smallest absolute Gasteiger partial charge is 0.254 e. The van der Waals surface area contributed by atoms with Crippen molar-refractivity contribution in [1.82, 2.24) is 10.2 Å². The Morgan fingerprint density at radius 1 is 0.923 bits per heavy atom. The van der Waals surface area contributed by atoms with Gasteiger partial charge in [0.1, 0.15) is 0 Å². The SMILES string of the molecule is CC1CCCC(C)N1C(=O)c1ccc(CNC(=O)c2ccccc2)cc1. The van der Waals surface area contributed by atoms with Gasteiger partial charge in [-0.25, -0.2) is 0 Å². The minimum Gasteiger partial charge on any atom is -0.348 e. The van der Waals surface area contributed by atoms with Crippen molar-refractivity contribution in [3.8, 4) is 0 Å². The number of carbonyl (C=O) groups is 2. The maximum absolute atomic E-state index is 12.8. The molecular weight excluding hydrogens is 324 g/mol. The topological polar surface area (TPSA) is 49.4 Å². The van der Waals surface area contributed by atoms with Crippen LogP contribution in [0.4, 0.5) is 0 Å². The maximum Gasteiger partial charge on any atom is 0.254 e. The van der Waals surface area contributed by atoms with Gasteiger partial charge in [0.15, 0.2) is 0 Å². The molecule has 2 amide bonds. The zero-order valence-electron chi connectivity index (χ0n) is 15.4. The fourth-order valence-electron chi connectivity index (χ4n) is 3.61. The molecular formula is C22H26N2O2. The van der Waals surface area contributed by atoms with Gasteiger partial charge < -0.3 is 10.2 Å². The molecule has 0 saturated carbocycles. The lowest BCUT2D eigenvalue weighted by molar-refractivity contribution is 0.0510. The summed E-state index contributed by atoms with van der Waals surface area (Å²) in [6.07, 6.45) is 3.32. The predicted molar refractivity (Wildman–Crippen MR) is 103 cm³/mol. The average molecular weight is 350 g/mol. The second-order valence-electron chi connectivity index (χ2n) is 7.09. The Bertz CT molecular complexity index is 745. The van der Waals surface area contributed by atoms with Crippen LogP contribution >= 0.6 is 0 Å². The van der Waals surface area contributed by atoms with E-state index < -0.39 is 0 Å². The molecule has 1 aliphatic rings. The molecule has 2 aromatic carbocycles. The zero-order valence-corrected chi connectivity index (χ0v) is 15.4. The highest BCUT2D eigenvalue weighted by molar-refractivity contribution is 5.95. The molecule has 1 saturated heterocycles. The summed E-state index contributed by atoms with van der Waals surface area (Å²) in [6, 6.07) is 17.3. The van der Waals surface area contributed by atoms with Crippen molar-refractivity contribution in [2.75, 3.05) is 0 Å². The fraction of sp³-hybridized carbons (Fsp3) is 0.364. The molecule has 4 nitrogen and oxygen atoms in total. The Morgan fingerprint density at radius 2 is 1.54 bits per heavy atom. The molecule has 2 atom stereocenters. The van der Waals surface area contributed by atoms with E-state index in [9.17, 15) is 9.59 Å². The third-order valence-electron chi connectivity index (χ3n) is 5.12. The van der Waals surface area contributed by atoms with E-state index in [0.29, 0.717) is 17.7 Å². The van der Waals surface area contributed by atoms with Crippen LogP contribution in [0.1, 0.15) is 59.4 Å². The van der Waals surface area contributed by atoms with Crippen molar-refractivity contribution in [3.05, 3.63) is 71.3 Å². The summed E-state index contributed by atoms with van der Waals surface area (Å²) < 4.78 is 0. The standard InChI is InChI=1S/C22H26N2O2/c1-16-7-6-8-17(2)24(16)22(26)20-13-11-18(12-14-20)15-23-21(25)19-9-4-3-5-10-19/h3-5,9-14,16-17H,6-8,15H2,1-2H3,(H,23,25). The van der Waals surface area contributed by atoms with Crippen LogP contribution in [0.15, 0.2) is 54.6 Å². The highest BCUT2D eigenvalue weighted by Gasteiger charge is 2.29. The minimum absolute atomic E-state index is 0.0956. The number of nitrogens with zero attached hydrogens (tertiary/aromatic N) is 1. The lowest BCUT2D eigenvalue weighted by Gasteiger charge is -2.39. The predicted octanol–water partition coefficient (Wildman–Crippen LogP) is 4.02. The van der Waals surface area contributed by atoms with Crippen molar-refractivity contribution in [2.45, 2.75) is 51.7 Å². The Hall–Kier alpha value is -2.62. The Morgan fingerprint density at radius 3 is 2.15 bits per heavy atom. The highest BCUT2D eigenvalue weighted by atomic mass is 16.2. The van der Waals surface area contributed by atoms with E-state index in [4.69, 9.17) is 0 Å². The molecule has 1 N–H and O–H groups in total. The molecule has 2 aromatic rings. The Kier molecular flexibility index (Phi) is 5.71. The first kappa shape index (κ1) is 18.2. The van der Waals surface area contributed by atoms with Crippen LogP contribution in [-0.2, 0) is 6.54 Å². The first-order valence-corrected chi connectivity index (χ1v) is 9.31. The molecule has 26 heavy (non-hydrogen) atoms. The van der Waals surface area contributed by atoms with Crippen LogP contribution in [0, 0.1) is 0 Å². The molecule has 0 radical (unpaired) electrons. The summed E-state index contributed by atoms with van der Waals surface area (Å²) >= 11 is 0. The number of hydrogen-bond acceptors (Lipinski definition) is 2. The monoisotopic (exact) mass is 350 g/mol. The van der Waals surface area contributed by atoms with Crippen molar-refractivity contribution in [1.29, 1.82) is 0 Å². The van der Waals surface area contributed by atoms with Gasteiger partial charge in [-0.3, -0.25) is 9.59 Å². The van der Waals surface area contributed by atoms with Crippen LogP contribution in [0.2, 0.25) is 0 Å². The molecule has 2 unspecified atom stereocenters. The molecule has 0 aliphatic carbocycles. The summed E-state index contributed by atoms with van der Waals surface area (Å²) in [7, 11) is 0. The molecule has 1 fully saturated rings. The molecule has 0 spiro atoms. The van der Waals surface area contributed by atoms with Crippen LogP contribution in [0.3, 0.4) is 0 Å². The molecule has 1 aliphatic heterocycles. The zero-order chi connectivity index (χ0) is 18.5. The van der Waals surface area contributed by atoms with Crippen molar-refractivity contribution >= 4 is 11.8 Å². The molecule has 0 bridgehead atoms. The summed E-state index contributed by atoms with van der Waals surface area (Å²) in [5.74, 6) is 0.00582. The third kappa shape index (κ3) is 4.13. The van der Waals surface area contributed by atoms with Crippen LogP contribution < -0.4 is 5.32 Å². The Balaban J connectivity index is 1.61. The molecule has 0 aromatic heterocycles. The van der Waals surface area contributed by atoms with E-state index in [1.54, 1.807) is 12.1 Å². The lowest BCUT2D eigenvalue weighted by Crippen LogP contribution is -2.47. The number of nitrogens with one attached hydrogen (secondary N) is 1. The fourth-order valence-corrected chi connectivity index (χ4v) is 3.61. The summed E-state index contributed by atoms with van der Waals surface area (Å²) in [4.78, 5) is 26.9. The largest absolute Gasteiger partial charge is 0.348 e. The van der Waals surface area contributed by atoms with Gasteiger partial charge in [-0.05, 0) is 62.9 Å². The van der Waals surface area contributed by atoms with Crippen LogP contribution in [-0.4, -0.2) is 28.8 Å². The second kappa shape index (κ2) is 8.17. The number of amides is 2. The van der Waals surface area contributed by atoms with E-state index in [1.807, 2.05) is 47.4 Å². The number of piperidine rings is 1. The van der Waals surface area contributed by atoms with Crippen molar-refractivity contribution in [3.63, 3.8) is 0 Å². The van der Waals surface area contributed by atoms with Gasteiger partial charge >= 0.3 is 0 Å². The summed E-state index contributed by atoms with van der Waals surface area (Å²) in [5.41, 5.74) is 2.33. The molecule has 136 valence electrons. The van der Waals surface area contributed by atoms with Gasteiger partial charge in [0.2, 0.25) is 0 Å². The van der Waals surface area contributed by atoms with E-state index in [0.717, 1.165) is 18.4 Å². The van der Waals surface area contributed by atoms with Crippen molar-refractivity contribution in [2.24, 2.45) is 0 Å². The quantitative estimate of drug-likeness (QED) is 0.905. The first-order chi connectivity index (χ1) is 12.6. The third-order valence-corrected chi connectivity index (χ3v) is 5.12. The highest BCUT2D eigenvalue weighted by Crippen LogP contribution is 2.24. The van der Waals surface area contributed by atoms with E-state index in [1.165, 1.54) is 6.42 Å². The number of hydrogen-bond donors (Lipinski definition) is 1. The Labute approximate surface area is 155 Å². The minimum atomic E-state index is -0.0956. The second-order valence-corrected chi connectivity index (χ2v) is 7.09. The van der Waals surface area contributed by atoms with Gasteiger partial charge in [0, 0.05) is 29.8 Å². The van der Waals surface area contributed by atoms with Gasteiger partial charge in [-0.2, -0.15) is 0 Å². The average Bonchev–Trinajstić information content (AvgIpc) is 2.67. The molecule has 4 heteroatoms. The van der Waals surface area contributed by atoms with Crippen LogP contribution in [0.5, 0.6) is 0 Å². The van der Waals surface area contributed by atoms with Crippen LogP contribution in [0.25, 0.3) is 0 Å². The molecule has 1 heterocycles. The normalized spacial score (nSPS) is 19.8. The number of likely N-dealkylation sites (tertiary alicyclic amines) is 1. The number of benzene rings is 2. The van der Waals surface area contributed by atoms with Gasteiger partial charge in [-0.1, -0.05) is 30.3 Å². The summed E-state index contributed by atoms with van der Waals surface area (Å²) in [5, 5.41) is 2.91.